The second-order valence-electron chi connectivity index (χ2n) is 4.42. The van der Waals surface area contributed by atoms with E-state index in [1.165, 1.54) is 17.3 Å². The summed E-state index contributed by atoms with van der Waals surface area (Å²) in [5, 5.41) is 9.79. The van der Waals surface area contributed by atoms with E-state index >= 15 is 0 Å². The second-order valence-corrected chi connectivity index (χ2v) is 5.44. The topological polar surface area (TPSA) is 50.2 Å². The molecule has 94 valence electrons. The molecule has 3 nitrogen and oxygen atoms in total. The number of fused-ring (bicyclic) bond motifs is 1. The molecule has 0 radical (unpaired) electrons. The number of hydrogen-bond acceptors (Lipinski definition) is 3. The molecule has 1 aromatic carbocycles. The molecular formula is C14H15NO2S. The molecule has 0 aliphatic carbocycles. The van der Waals surface area contributed by atoms with Crippen molar-refractivity contribution in [2.24, 2.45) is 0 Å². The quantitative estimate of drug-likeness (QED) is 0.855. The first-order valence-corrected chi connectivity index (χ1v) is 6.79. The van der Waals surface area contributed by atoms with Gasteiger partial charge in [0.2, 0.25) is 0 Å². The highest BCUT2D eigenvalue weighted by atomic mass is 32.2. The highest BCUT2D eigenvalue weighted by Crippen LogP contribution is 2.29. The molecule has 18 heavy (non-hydrogen) atoms. The Morgan fingerprint density at radius 2 is 2.17 bits per heavy atom. The average molecular weight is 261 g/mol. The molecule has 0 fully saturated rings. The van der Waals surface area contributed by atoms with Gasteiger partial charge in [-0.05, 0) is 29.7 Å². The SMILES string of the molecule is CC(C)c1ccc2nccc(SCC(=O)O)c2c1. The lowest BCUT2D eigenvalue weighted by Crippen LogP contribution is -1.98. The first kappa shape index (κ1) is 12.9. The fraction of sp³-hybridized carbons (Fsp3) is 0.286. The molecule has 0 aliphatic rings. The van der Waals surface area contributed by atoms with E-state index in [2.05, 4.69) is 31.0 Å². The lowest BCUT2D eigenvalue weighted by molar-refractivity contribution is -0.133. The van der Waals surface area contributed by atoms with Crippen LogP contribution in [0.15, 0.2) is 35.4 Å². The molecule has 0 saturated heterocycles. The van der Waals surface area contributed by atoms with Crippen molar-refractivity contribution in [2.45, 2.75) is 24.7 Å². The molecule has 0 spiro atoms. The van der Waals surface area contributed by atoms with Crippen molar-refractivity contribution >= 4 is 28.6 Å². The van der Waals surface area contributed by atoms with Crippen molar-refractivity contribution < 1.29 is 9.90 Å². The molecule has 4 heteroatoms. The van der Waals surface area contributed by atoms with E-state index in [9.17, 15) is 4.79 Å². The molecule has 0 bridgehead atoms. The molecule has 0 saturated carbocycles. The van der Waals surface area contributed by atoms with Gasteiger partial charge in [-0.3, -0.25) is 9.78 Å². The number of thioether (sulfide) groups is 1. The van der Waals surface area contributed by atoms with Gasteiger partial charge in [-0.15, -0.1) is 11.8 Å². The number of pyridine rings is 1. The van der Waals surface area contributed by atoms with Crippen molar-refractivity contribution in [2.75, 3.05) is 5.75 Å². The Morgan fingerprint density at radius 1 is 1.39 bits per heavy atom. The smallest absolute Gasteiger partial charge is 0.313 e. The zero-order valence-corrected chi connectivity index (χ0v) is 11.2. The zero-order chi connectivity index (χ0) is 13.1. The van der Waals surface area contributed by atoms with Crippen LogP contribution >= 0.6 is 11.8 Å². The van der Waals surface area contributed by atoms with Gasteiger partial charge in [0, 0.05) is 16.5 Å². The van der Waals surface area contributed by atoms with Gasteiger partial charge in [0.1, 0.15) is 0 Å². The molecule has 1 N–H and O–H groups in total. The number of aliphatic carboxylic acids is 1. The van der Waals surface area contributed by atoms with E-state index in [-0.39, 0.29) is 5.75 Å². The first-order chi connectivity index (χ1) is 8.58. The zero-order valence-electron chi connectivity index (χ0n) is 10.4. The van der Waals surface area contributed by atoms with Crippen molar-refractivity contribution in [3.05, 3.63) is 36.0 Å². The molecule has 1 aromatic heterocycles. The van der Waals surface area contributed by atoms with Gasteiger partial charge in [0.25, 0.3) is 0 Å². The third-order valence-electron chi connectivity index (χ3n) is 2.74. The van der Waals surface area contributed by atoms with Crippen LogP contribution < -0.4 is 0 Å². The molecule has 0 aliphatic heterocycles. The Morgan fingerprint density at radius 3 is 2.83 bits per heavy atom. The van der Waals surface area contributed by atoms with E-state index in [1.807, 2.05) is 12.1 Å². The Bertz CT molecular complexity index is 581. The lowest BCUT2D eigenvalue weighted by Gasteiger charge is -2.09. The third-order valence-corrected chi connectivity index (χ3v) is 3.80. The van der Waals surface area contributed by atoms with Gasteiger partial charge < -0.3 is 5.11 Å². The second kappa shape index (κ2) is 5.40. The predicted molar refractivity (Wildman–Crippen MR) is 74.2 cm³/mol. The number of hydrogen-bond donors (Lipinski definition) is 1. The molecule has 2 rings (SSSR count). The summed E-state index contributed by atoms with van der Waals surface area (Å²) in [5.74, 6) is -0.276. The van der Waals surface area contributed by atoms with Crippen molar-refractivity contribution in [3.63, 3.8) is 0 Å². The van der Waals surface area contributed by atoms with Gasteiger partial charge in [-0.1, -0.05) is 19.9 Å². The van der Waals surface area contributed by atoms with Crippen LogP contribution in [0, 0.1) is 0 Å². The fourth-order valence-corrected chi connectivity index (χ4v) is 2.52. The molecule has 2 aromatic rings. The lowest BCUT2D eigenvalue weighted by atomic mass is 10.0. The largest absolute Gasteiger partial charge is 0.481 e. The fourth-order valence-electron chi connectivity index (χ4n) is 1.76. The van der Waals surface area contributed by atoms with Crippen LogP contribution in [0.5, 0.6) is 0 Å². The van der Waals surface area contributed by atoms with E-state index in [4.69, 9.17) is 5.11 Å². The number of benzene rings is 1. The summed E-state index contributed by atoms with van der Waals surface area (Å²) in [4.78, 5) is 15.9. The standard InChI is InChI=1S/C14H15NO2S/c1-9(2)10-3-4-12-11(7-10)13(5-6-15-12)18-8-14(16)17/h3-7,9H,8H2,1-2H3,(H,16,17). The number of rotatable bonds is 4. The number of carboxylic acid groups (broad SMARTS) is 1. The maximum atomic E-state index is 10.6. The van der Waals surface area contributed by atoms with Crippen LogP contribution in [0.2, 0.25) is 0 Å². The summed E-state index contributed by atoms with van der Waals surface area (Å²) in [6.07, 6.45) is 1.72. The van der Waals surface area contributed by atoms with Crippen LogP contribution in [-0.4, -0.2) is 21.8 Å². The molecule has 0 atom stereocenters. The maximum absolute atomic E-state index is 10.6. The minimum Gasteiger partial charge on any atom is -0.481 e. The van der Waals surface area contributed by atoms with Crippen molar-refractivity contribution in [3.8, 4) is 0 Å². The minimum absolute atomic E-state index is 0.0744. The van der Waals surface area contributed by atoms with E-state index < -0.39 is 5.97 Å². The highest BCUT2D eigenvalue weighted by molar-refractivity contribution is 8.00. The van der Waals surface area contributed by atoms with Gasteiger partial charge in [0.05, 0.1) is 11.3 Å². The van der Waals surface area contributed by atoms with Crippen molar-refractivity contribution in [1.82, 2.24) is 4.98 Å². The minimum atomic E-state index is -0.801. The Hall–Kier alpha value is -1.55. The highest BCUT2D eigenvalue weighted by Gasteiger charge is 2.07. The van der Waals surface area contributed by atoms with E-state index in [1.54, 1.807) is 6.20 Å². The summed E-state index contributed by atoms with van der Waals surface area (Å²) in [7, 11) is 0. The van der Waals surface area contributed by atoms with Gasteiger partial charge in [-0.25, -0.2) is 0 Å². The third kappa shape index (κ3) is 2.82. The number of carbonyl (C=O) groups is 1. The monoisotopic (exact) mass is 261 g/mol. The Labute approximate surface area is 110 Å². The van der Waals surface area contributed by atoms with Crippen molar-refractivity contribution in [1.29, 1.82) is 0 Å². The first-order valence-electron chi connectivity index (χ1n) is 5.81. The Kier molecular flexibility index (Phi) is 3.87. The number of aromatic nitrogens is 1. The summed E-state index contributed by atoms with van der Waals surface area (Å²) in [5.41, 5.74) is 2.16. The van der Waals surface area contributed by atoms with E-state index in [0.717, 1.165) is 15.8 Å². The van der Waals surface area contributed by atoms with Crippen LogP contribution in [0.3, 0.4) is 0 Å². The summed E-state index contributed by atoms with van der Waals surface area (Å²) in [6.45, 7) is 4.28. The molecule has 0 unspecified atom stereocenters. The average Bonchev–Trinajstić information content (AvgIpc) is 2.35. The molecule has 0 amide bonds. The van der Waals surface area contributed by atoms with E-state index in [0.29, 0.717) is 5.92 Å². The predicted octanol–water partition coefficient (Wildman–Crippen LogP) is 3.53. The molecular weight excluding hydrogens is 246 g/mol. The summed E-state index contributed by atoms with van der Waals surface area (Å²) < 4.78 is 0. The van der Waals surface area contributed by atoms with Crippen LogP contribution in [0.1, 0.15) is 25.3 Å². The Balaban J connectivity index is 2.45. The maximum Gasteiger partial charge on any atom is 0.313 e. The summed E-state index contributed by atoms with van der Waals surface area (Å²) in [6, 6.07) is 8.05. The number of nitrogens with zero attached hydrogens (tertiary/aromatic N) is 1. The van der Waals surface area contributed by atoms with Gasteiger partial charge in [-0.2, -0.15) is 0 Å². The van der Waals surface area contributed by atoms with Gasteiger partial charge in [0.15, 0.2) is 0 Å². The van der Waals surface area contributed by atoms with Crippen LogP contribution in [-0.2, 0) is 4.79 Å². The summed E-state index contributed by atoms with van der Waals surface area (Å²) >= 11 is 1.34. The molecule has 1 heterocycles. The van der Waals surface area contributed by atoms with Gasteiger partial charge >= 0.3 is 5.97 Å². The normalized spacial score (nSPS) is 11.1. The van der Waals surface area contributed by atoms with Crippen LogP contribution in [0.25, 0.3) is 10.9 Å². The number of carboxylic acids is 1. The van der Waals surface area contributed by atoms with Crippen LogP contribution in [0.4, 0.5) is 0 Å².